The third kappa shape index (κ3) is 2.62. The molecule has 0 spiro atoms. The summed E-state index contributed by atoms with van der Waals surface area (Å²) in [6.45, 7) is 2.02. The third-order valence-corrected chi connectivity index (χ3v) is 4.83. The van der Waals surface area contributed by atoms with Crippen molar-refractivity contribution in [1.29, 1.82) is 0 Å². The number of anilines is 1. The van der Waals surface area contributed by atoms with Gasteiger partial charge in [-0.25, -0.2) is 0 Å². The highest BCUT2D eigenvalue weighted by Gasteiger charge is 2.36. The van der Waals surface area contributed by atoms with Crippen molar-refractivity contribution < 1.29 is 13.2 Å². The lowest BCUT2D eigenvalue weighted by Crippen LogP contribution is -2.09. The molecule has 6 heteroatoms. The molecule has 1 N–H and O–H groups in total. The molecule has 110 valence electrons. The van der Waals surface area contributed by atoms with Crippen molar-refractivity contribution in [2.75, 3.05) is 4.72 Å². The molecule has 0 bridgehead atoms. The monoisotopic (exact) mass is 327 g/mol. The van der Waals surface area contributed by atoms with Crippen LogP contribution in [0.4, 0.5) is 18.9 Å². The summed E-state index contributed by atoms with van der Waals surface area (Å²) in [5.41, 5.74) is 3.07. The second kappa shape index (κ2) is 5.18. The van der Waals surface area contributed by atoms with Gasteiger partial charge in [-0.3, -0.25) is 0 Å². The third-order valence-electron chi connectivity index (χ3n) is 3.65. The van der Waals surface area contributed by atoms with Crippen molar-refractivity contribution in [3.05, 3.63) is 46.5 Å². The molecule has 2 aliphatic rings. The van der Waals surface area contributed by atoms with Crippen molar-refractivity contribution in [3.8, 4) is 0 Å². The first kappa shape index (κ1) is 14.7. The fourth-order valence-corrected chi connectivity index (χ4v) is 3.64. The average molecular weight is 327 g/mol. The standard InChI is InChI=1S/C15H12F3NS2/c1-8-5-6-9-10-3-2-4-12(15(16,17)18)13(10)19-21-14(20)11(9)7-8/h2-4,7,19H,5-6H2,1H3. The Morgan fingerprint density at radius 1 is 1.24 bits per heavy atom. The highest BCUT2D eigenvalue weighted by atomic mass is 32.2. The molecule has 0 saturated carbocycles. The van der Waals surface area contributed by atoms with E-state index in [2.05, 4.69) is 4.72 Å². The zero-order chi connectivity index (χ0) is 15.2. The molecule has 1 aliphatic carbocycles. The topological polar surface area (TPSA) is 12.0 Å². The van der Waals surface area contributed by atoms with Crippen LogP contribution in [-0.4, -0.2) is 4.20 Å². The molecule has 0 aromatic heterocycles. The van der Waals surface area contributed by atoms with Crippen molar-refractivity contribution in [2.24, 2.45) is 0 Å². The van der Waals surface area contributed by atoms with Crippen LogP contribution in [0.15, 0.2) is 35.4 Å². The summed E-state index contributed by atoms with van der Waals surface area (Å²) >= 11 is 6.42. The Balaban J connectivity index is 2.25. The van der Waals surface area contributed by atoms with Crippen LogP contribution in [0.25, 0.3) is 5.57 Å². The van der Waals surface area contributed by atoms with E-state index >= 15 is 0 Å². The molecule has 0 radical (unpaired) electrons. The summed E-state index contributed by atoms with van der Waals surface area (Å²) in [4.78, 5) is 0. The summed E-state index contributed by atoms with van der Waals surface area (Å²) in [5.74, 6) is 0. The minimum absolute atomic E-state index is 0.121. The summed E-state index contributed by atoms with van der Waals surface area (Å²) in [6.07, 6.45) is -0.826. The molecular weight excluding hydrogens is 315 g/mol. The Hall–Kier alpha value is -1.27. The van der Waals surface area contributed by atoms with Crippen LogP contribution in [0, 0.1) is 0 Å². The summed E-state index contributed by atoms with van der Waals surface area (Å²) in [6, 6.07) is 4.29. The van der Waals surface area contributed by atoms with Crippen molar-refractivity contribution in [1.82, 2.24) is 0 Å². The van der Waals surface area contributed by atoms with E-state index in [9.17, 15) is 13.2 Å². The molecular formula is C15H12F3NS2. The average Bonchev–Trinajstić information content (AvgIpc) is 2.56. The number of fused-ring (bicyclic) bond motifs is 2. The number of para-hydroxylation sites is 1. The molecule has 1 aliphatic heterocycles. The molecule has 1 heterocycles. The lowest BCUT2D eigenvalue weighted by atomic mass is 9.87. The van der Waals surface area contributed by atoms with Crippen LogP contribution in [0.2, 0.25) is 0 Å². The van der Waals surface area contributed by atoms with Crippen LogP contribution >= 0.6 is 24.2 Å². The van der Waals surface area contributed by atoms with Crippen LogP contribution in [0.5, 0.6) is 0 Å². The molecule has 1 nitrogen and oxygen atoms in total. The number of allylic oxidation sites excluding steroid dienone is 3. The summed E-state index contributed by atoms with van der Waals surface area (Å²) in [7, 11) is 0. The highest BCUT2D eigenvalue weighted by Crippen LogP contribution is 2.45. The molecule has 0 unspecified atom stereocenters. The zero-order valence-electron chi connectivity index (χ0n) is 11.2. The Kier molecular flexibility index (Phi) is 3.61. The van der Waals surface area contributed by atoms with E-state index in [0.29, 0.717) is 16.2 Å². The number of thiocarbonyl (C=S) groups is 1. The van der Waals surface area contributed by atoms with Gasteiger partial charge in [0.1, 0.15) is 0 Å². The van der Waals surface area contributed by atoms with E-state index in [0.717, 1.165) is 35.6 Å². The molecule has 0 saturated heterocycles. The number of hydrogen-bond donors (Lipinski definition) is 1. The van der Waals surface area contributed by atoms with Crippen molar-refractivity contribution >= 4 is 39.6 Å². The van der Waals surface area contributed by atoms with E-state index in [4.69, 9.17) is 12.2 Å². The number of halogens is 3. The van der Waals surface area contributed by atoms with Gasteiger partial charge in [-0.1, -0.05) is 36.0 Å². The van der Waals surface area contributed by atoms with E-state index in [1.54, 1.807) is 6.07 Å². The van der Waals surface area contributed by atoms with Gasteiger partial charge < -0.3 is 4.72 Å². The quantitative estimate of drug-likeness (QED) is 0.492. The second-order valence-corrected chi connectivity index (χ2v) is 6.58. The van der Waals surface area contributed by atoms with Gasteiger partial charge in [-0.2, -0.15) is 13.2 Å². The lowest BCUT2D eigenvalue weighted by molar-refractivity contribution is -0.136. The maximum absolute atomic E-state index is 13.2. The smallest absolute Gasteiger partial charge is 0.324 e. The Morgan fingerprint density at radius 3 is 2.71 bits per heavy atom. The number of alkyl halides is 3. The molecule has 0 amide bonds. The van der Waals surface area contributed by atoms with Gasteiger partial charge in [-0.05, 0) is 43.4 Å². The normalized spacial score (nSPS) is 18.5. The predicted molar refractivity (Wildman–Crippen MR) is 85.2 cm³/mol. The van der Waals surface area contributed by atoms with Crippen LogP contribution in [-0.2, 0) is 6.18 Å². The van der Waals surface area contributed by atoms with Gasteiger partial charge in [0.15, 0.2) is 0 Å². The minimum atomic E-state index is -4.38. The van der Waals surface area contributed by atoms with Crippen molar-refractivity contribution in [2.45, 2.75) is 25.9 Å². The first-order valence-electron chi connectivity index (χ1n) is 6.46. The molecule has 21 heavy (non-hydrogen) atoms. The minimum Gasteiger partial charge on any atom is -0.324 e. The second-order valence-electron chi connectivity index (χ2n) is 5.10. The summed E-state index contributed by atoms with van der Waals surface area (Å²) in [5, 5.41) is 0. The van der Waals surface area contributed by atoms with Gasteiger partial charge >= 0.3 is 6.18 Å². The molecule has 1 aromatic carbocycles. The molecule has 3 rings (SSSR count). The van der Waals surface area contributed by atoms with Gasteiger partial charge in [0.25, 0.3) is 0 Å². The van der Waals surface area contributed by atoms with Crippen LogP contribution in [0.1, 0.15) is 30.9 Å². The summed E-state index contributed by atoms with van der Waals surface area (Å²) < 4.78 is 42.9. The van der Waals surface area contributed by atoms with E-state index in [1.165, 1.54) is 11.6 Å². The Bertz CT molecular complexity index is 687. The number of rotatable bonds is 0. The number of hydrogen-bond acceptors (Lipinski definition) is 3. The van der Waals surface area contributed by atoms with Crippen LogP contribution in [0.3, 0.4) is 0 Å². The van der Waals surface area contributed by atoms with Crippen LogP contribution < -0.4 is 4.72 Å². The maximum Gasteiger partial charge on any atom is 0.418 e. The Labute approximate surface area is 130 Å². The van der Waals surface area contributed by atoms with E-state index < -0.39 is 11.7 Å². The first-order valence-corrected chi connectivity index (χ1v) is 7.68. The lowest BCUT2D eigenvalue weighted by Gasteiger charge is -2.19. The largest absolute Gasteiger partial charge is 0.418 e. The molecule has 0 atom stereocenters. The maximum atomic E-state index is 13.2. The van der Waals surface area contributed by atoms with Gasteiger partial charge in [-0.15, -0.1) is 0 Å². The predicted octanol–water partition coefficient (Wildman–Crippen LogP) is 5.60. The zero-order valence-corrected chi connectivity index (χ0v) is 12.8. The highest BCUT2D eigenvalue weighted by molar-refractivity contribution is 8.24. The fourth-order valence-electron chi connectivity index (χ4n) is 2.63. The van der Waals surface area contributed by atoms with Crippen molar-refractivity contribution in [3.63, 3.8) is 0 Å². The Morgan fingerprint density at radius 2 is 2.00 bits per heavy atom. The number of benzene rings is 1. The van der Waals surface area contributed by atoms with Gasteiger partial charge in [0.05, 0.1) is 15.4 Å². The SMILES string of the molecule is CC1=CC2=C(CC1)c1cccc(C(F)(F)F)c1NSC2=S. The van der Waals surface area contributed by atoms with E-state index in [-0.39, 0.29) is 5.69 Å². The molecule has 1 aromatic rings. The fraction of sp³-hybridized carbons (Fsp3) is 0.267. The van der Waals surface area contributed by atoms with Gasteiger partial charge in [0.2, 0.25) is 0 Å². The molecule has 0 fully saturated rings. The number of nitrogens with one attached hydrogen (secondary N) is 1. The first-order chi connectivity index (χ1) is 9.88. The van der Waals surface area contributed by atoms with Gasteiger partial charge in [0, 0.05) is 11.1 Å². The van der Waals surface area contributed by atoms with E-state index in [1.807, 2.05) is 13.0 Å².